The van der Waals surface area contributed by atoms with E-state index in [1.807, 2.05) is 0 Å². The van der Waals surface area contributed by atoms with Crippen molar-refractivity contribution in [2.24, 2.45) is 0 Å². The van der Waals surface area contributed by atoms with Crippen LogP contribution in [-0.4, -0.2) is 18.3 Å². The Bertz CT molecular complexity index is 5380. The van der Waals surface area contributed by atoms with Gasteiger partial charge in [-0.1, -0.05) is 228 Å². The number of fused-ring (bicyclic) bond motifs is 22. The third-order valence-electron chi connectivity index (χ3n) is 19.7. The first-order valence-electron chi connectivity index (χ1n) is 31.5. The van der Waals surface area contributed by atoms with E-state index in [-0.39, 0.29) is 0 Å². The van der Waals surface area contributed by atoms with E-state index in [0.717, 1.165) is 78.0 Å². The Morgan fingerprint density at radius 3 is 1.23 bits per heavy atom. The van der Waals surface area contributed by atoms with Crippen LogP contribution in [0.2, 0.25) is 19.6 Å². The lowest BCUT2D eigenvalue weighted by Gasteiger charge is -2.33. The molecule has 0 fully saturated rings. The number of hydrogen-bond donors (Lipinski definition) is 0. The highest BCUT2D eigenvalue weighted by molar-refractivity contribution is 6.70. The van der Waals surface area contributed by atoms with Gasteiger partial charge in [-0.25, -0.2) is 0 Å². The molecule has 2 aliphatic carbocycles. The number of hydrogen-bond acceptors (Lipinski definition) is 4. The zero-order chi connectivity index (χ0) is 59.3. The molecule has 2 heterocycles. The molecule has 17 rings (SSSR count). The molecular weight excluding hydrogens is 1100 g/mol. The van der Waals surface area contributed by atoms with E-state index < -0.39 is 23.7 Å². The summed E-state index contributed by atoms with van der Waals surface area (Å²) in [6.45, 7) is 16.2. The lowest BCUT2D eigenvalue weighted by atomic mass is 9.70. The fourth-order valence-electron chi connectivity index (χ4n) is 15.5. The fourth-order valence-corrected chi connectivity index (χ4v) is 17.2. The van der Waals surface area contributed by atoms with Crippen molar-refractivity contribution in [1.82, 2.24) is 0 Å². The molecule has 0 amide bonds. The molecule has 13 aromatic carbocycles. The predicted molar refractivity (Wildman–Crippen MR) is 380 cm³/mol. The molecule has 1 atom stereocenters. The van der Waals surface area contributed by atoms with Gasteiger partial charge in [0.2, 0.25) is 0 Å². The SMILES string of the molecule is C[SiH2]c1ccc(N(c2ccc3c(c2)C2(c4ccccc4-c4cc5c6ccccc6c6ccccc6c5cc42)c2cc(N(c4ccc([SiH](C)C)cc4)c4cccc5c4oc4c(C(C)C)cccc45)ccc2-3)c2cccc3c2oc2c(C(C)C)cccc23)cc1. The molecule has 0 radical (unpaired) electrons. The summed E-state index contributed by atoms with van der Waals surface area (Å²) >= 11 is 0. The number of rotatable bonds is 10. The zero-order valence-electron chi connectivity index (χ0n) is 50.7. The Labute approximate surface area is 517 Å². The first-order chi connectivity index (χ1) is 43.1. The van der Waals surface area contributed by atoms with Gasteiger partial charge in [-0.3, -0.25) is 0 Å². The second-order valence-corrected chi connectivity index (χ2v) is 30.0. The van der Waals surface area contributed by atoms with E-state index in [0.29, 0.717) is 11.8 Å². The lowest BCUT2D eigenvalue weighted by Crippen LogP contribution is -2.27. The summed E-state index contributed by atoms with van der Waals surface area (Å²) in [7, 11) is -1.51. The Morgan fingerprint density at radius 2 is 0.739 bits per heavy atom. The van der Waals surface area contributed by atoms with Crippen LogP contribution < -0.4 is 20.2 Å². The zero-order valence-corrected chi connectivity index (χ0v) is 53.3. The maximum Gasteiger partial charge on any atom is 0.159 e. The van der Waals surface area contributed by atoms with Crippen LogP contribution in [-0.2, 0) is 5.41 Å². The number of nitrogens with zero attached hydrogens (tertiary/aromatic N) is 2. The quantitative estimate of drug-likeness (QED) is 0.101. The topological polar surface area (TPSA) is 32.8 Å². The molecule has 0 aliphatic heterocycles. The Morgan fingerprint density at radius 1 is 0.341 bits per heavy atom. The average Bonchev–Trinajstić information content (AvgIpc) is 1.50. The maximum absolute atomic E-state index is 7.24. The molecule has 6 heteroatoms. The van der Waals surface area contributed by atoms with E-state index in [1.165, 1.54) is 98.3 Å². The van der Waals surface area contributed by atoms with Crippen molar-refractivity contribution < 1.29 is 8.83 Å². The monoisotopic (exact) mass is 1170 g/mol. The van der Waals surface area contributed by atoms with Gasteiger partial charge in [-0.2, -0.15) is 0 Å². The van der Waals surface area contributed by atoms with Gasteiger partial charge >= 0.3 is 0 Å². The van der Waals surface area contributed by atoms with Crippen LogP contribution in [0.4, 0.5) is 34.1 Å². The Hall–Kier alpha value is -9.73. The normalized spacial score (nSPS) is 14.4. The van der Waals surface area contributed by atoms with Crippen molar-refractivity contribution >= 4 is 139 Å². The number of furan rings is 2. The number of benzene rings is 13. The Balaban J connectivity index is 0.973. The van der Waals surface area contributed by atoms with Crippen LogP contribution >= 0.6 is 0 Å². The van der Waals surface area contributed by atoms with Crippen molar-refractivity contribution in [1.29, 1.82) is 0 Å². The van der Waals surface area contributed by atoms with Crippen molar-refractivity contribution in [2.45, 2.75) is 64.6 Å². The van der Waals surface area contributed by atoms with Crippen LogP contribution in [0.5, 0.6) is 0 Å². The van der Waals surface area contributed by atoms with Crippen LogP contribution in [0.25, 0.3) is 98.4 Å². The molecule has 1 spiro atoms. The van der Waals surface area contributed by atoms with Gasteiger partial charge in [-0.05, 0) is 173 Å². The number of para-hydroxylation sites is 4. The maximum atomic E-state index is 7.24. The van der Waals surface area contributed by atoms with Gasteiger partial charge in [0.25, 0.3) is 0 Å². The minimum Gasteiger partial charge on any atom is -0.454 e. The molecule has 15 aromatic rings. The van der Waals surface area contributed by atoms with Crippen molar-refractivity contribution in [3.63, 3.8) is 0 Å². The van der Waals surface area contributed by atoms with Crippen molar-refractivity contribution in [3.8, 4) is 22.3 Å². The third kappa shape index (κ3) is 7.55. The Kier molecular flexibility index (Phi) is 11.9. The van der Waals surface area contributed by atoms with Gasteiger partial charge in [0.05, 0.1) is 35.1 Å². The number of anilines is 6. The summed E-state index contributed by atoms with van der Waals surface area (Å²) in [6.07, 6.45) is 0. The van der Waals surface area contributed by atoms with E-state index in [2.05, 4.69) is 300 Å². The van der Waals surface area contributed by atoms with Gasteiger partial charge in [-0.15, -0.1) is 0 Å². The molecule has 88 heavy (non-hydrogen) atoms. The summed E-state index contributed by atoms with van der Waals surface area (Å²) in [6, 6.07) is 92.5. The van der Waals surface area contributed by atoms with Crippen LogP contribution in [0.1, 0.15) is 72.9 Å². The van der Waals surface area contributed by atoms with Crippen LogP contribution in [0.15, 0.2) is 251 Å². The molecule has 424 valence electrons. The molecule has 0 saturated carbocycles. The molecule has 1 unspecified atom stereocenters. The molecule has 0 bridgehead atoms. The minimum atomic E-state index is -1.11. The molecule has 0 N–H and O–H groups in total. The lowest BCUT2D eigenvalue weighted by molar-refractivity contribution is 0.657. The minimum absolute atomic E-state index is 0.296. The predicted octanol–water partition coefficient (Wildman–Crippen LogP) is 21.0. The van der Waals surface area contributed by atoms with E-state index in [4.69, 9.17) is 8.83 Å². The van der Waals surface area contributed by atoms with Gasteiger partial charge in [0.15, 0.2) is 11.2 Å². The highest BCUT2D eigenvalue weighted by Crippen LogP contribution is 2.65. The first kappa shape index (κ1) is 52.6. The van der Waals surface area contributed by atoms with E-state index in [1.54, 1.807) is 0 Å². The highest BCUT2D eigenvalue weighted by Gasteiger charge is 2.52. The second kappa shape index (κ2) is 19.9. The highest BCUT2D eigenvalue weighted by atomic mass is 28.3. The fraction of sp³-hybridized carbons (Fsp3) is 0.122. The summed E-state index contributed by atoms with van der Waals surface area (Å²) < 4.78 is 14.5. The molecule has 0 saturated heterocycles. The summed E-state index contributed by atoms with van der Waals surface area (Å²) in [5.74, 6) is 0.594. The largest absolute Gasteiger partial charge is 0.454 e. The molecule has 2 aliphatic rings. The third-order valence-corrected chi connectivity index (χ3v) is 22.7. The van der Waals surface area contributed by atoms with Crippen molar-refractivity contribution in [3.05, 3.63) is 276 Å². The molecule has 4 nitrogen and oxygen atoms in total. The van der Waals surface area contributed by atoms with Gasteiger partial charge < -0.3 is 18.6 Å². The summed E-state index contributed by atoms with van der Waals surface area (Å²) in [4.78, 5) is 4.94. The van der Waals surface area contributed by atoms with Gasteiger partial charge in [0, 0.05) is 44.3 Å². The van der Waals surface area contributed by atoms with Gasteiger partial charge in [0.1, 0.15) is 11.2 Å². The average molecular weight is 1170 g/mol. The van der Waals surface area contributed by atoms with Crippen molar-refractivity contribution in [2.75, 3.05) is 9.80 Å². The molecule has 2 aromatic heterocycles. The van der Waals surface area contributed by atoms with E-state index in [9.17, 15) is 0 Å². The standard InChI is InChI=1S/C82H66N2O2Si2/c1-48(2)56-23-14-25-65-67-27-16-30-76(80(67)85-78(56)65)83(50-32-38-54(87-5)39-33-50)52-36-42-63-64-43-37-53(84(51-34-40-55(41-35-51)88(6)7)77-31-17-28-68-66-26-15-24-57(49(3)4)79(66)86-81(68)77)45-74(64)82(73(63)44-52)72-29-13-12-22-62(72)71-46-69-60-20-10-8-18-58(60)59-19-9-11-21-61(59)70(69)47-75(71)82/h8-49,88H,87H2,1-7H3. The summed E-state index contributed by atoms with van der Waals surface area (Å²) in [5.41, 5.74) is 21.8. The summed E-state index contributed by atoms with van der Waals surface area (Å²) in [5, 5.41) is 15.0. The second-order valence-electron chi connectivity index (χ2n) is 25.5. The first-order valence-corrected chi connectivity index (χ1v) is 36.5. The smallest absolute Gasteiger partial charge is 0.159 e. The van der Waals surface area contributed by atoms with Crippen LogP contribution in [0, 0.1) is 0 Å². The van der Waals surface area contributed by atoms with E-state index >= 15 is 0 Å². The molecular formula is C82H66N2O2Si2. The van der Waals surface area contributed by atoms with Crippen LogP contribution in [0.3, 0.4) is 0 Å².